The highest BCUT2D eigenvalue weighted by Gasteiger charge is 2.33. The van der Waals surface area contributed by atoms with E-state index < -0.39 is 11.9 Å². The third-order valence-electron chi connectivity index (χ3n) is 5.49. The van der Waals surface area contributed by atoms with Gasteiger partial charge in [-0.1, -0.05) is 39.0 Å². The quantitative estimate of drug-likeness (QED) is 0.889. The van der Waals surface area contributed by atoms with Crippen LogP contribution in [0.15, 0.2) is 24.3 Å². The lowest BCUT2D eigenvalue weighted by molar-refractivity contribution is -0.119. The summed E-state index contributed by atoms with van der Waals surface area (Å²) in [6.07, 6.45) is 2.76. The number of nitrogens with two attached hydrogens (primary N) is 1. The van der Waals surface area contributed by atoms with Gasteiger partial charge < -0.3 is 11.1 Å². The molecule has 5 heteroatoms. The number of pyridine rings is 1. The van der Waals surface area contributed by atoms with Crippen molar-refractivity contribution in [3.63, 3.8) is 0 Å². The first-order valence-electron chi connectivity index (χ1n) is 9.19. The van der Waals surface area contributed by atoms with Crippen molar-refractivity contribution in [3.8, 4) is 0 Å². The van der Waals surface area contributed by atoms with Crippen LogP contribution in [0.1, 0.15) is 55.7 Å². The van der Waals surface area contributed by atoms with Gasteiger partial charge in [-0.3, -0.25) is 14.6 Å². The normalized spacial score (nSPS) is 18.2. The Hall–Kier alpha value is -2.43. The second kappa shape index (κ2) is 6.71. The third kappa shape index (κ3) is 3.43. The average molecular weight is 353 g/mol. The van der Waals surface area contributed by atoms with Crippen LogP contribution in [0.4, 0.5) is 0 Å². The van der Waals surface area contributed by atoms with E-state index in [2.05, 4.69) is 26.1 Å². The molecule has 1 aromatic carbocycles. The van der Waals surface area contributed by atoms with Crippen LogP contribution >= 0.6 is 0 Å². The van der Waals surface area contributed by atoms with E-state index in [-0.39, 0.29) is 11.3 Å². The van der Waals surface area contributed by atoms with Crippen molar-refractivity contribution < 1.29 is 9.59 Å². The van der Waals surface area contributed by atoms with Crippen LogP contribution in [0.25, 0.3) is 10.9 Å². The minimum absolute atomic E-state index is 0.164. The van der Waals surface area contributed by atoms with E-state index in [0.29, 0.717) is 11.5 Å². The molecule has 3 rings (SSSR count). The summed E-state index contributed by atoms with van der Waals surface area (Å²) in [6, 6.07) is 6.98. The van der Waals surface area contributed by atoms with Crippen molar-refractivity contribution in [3.05, 3.63) is 41.1 Å². The Morgan fingerprint density at radius 2 is 1.96 bits per heavy atom. The van der Waals surface area contributed by atoms with Crippen molar-refractivity contribution in [1.29, 1.82) is 0 Å². The van der Waals surface area contributed by atoms with E-state index in [4.69, 9.17) is 10.7 Å². The molecule has 1 aliphatic carbocycles. The SMILES string of the molecule is C[C@H](NC(=O)c1c2c(nc3ccccc13)CC[C@@H](C(C)(C)C)C2)C(N)=O. The van der Waals surface area contributed by atoms with Crippen LogP contribution in [0.5, 0.6) is 0 Å². The first-order valence-corrected chi connectivity index (χ1v) is 9.19. The van der Waals surface area contributed by atoms with Crippen LogP contribution in [0, 0.1) is 11.3 Å². The molecule has 0 spiro atoms. The number of carbonyl (C=O) groups excluding carboxylic acids is 2. The number of nitrogens with zero attached hydrogens (tertiary/aromatic N) is 1. The summed E-state index contributed by atoms with van der Waals surface area (Å²) in [6.45, 7) is 8.33. The van der Waals surface area contributed by atoms with Crippen LogP contribution in [0.2, 0.25) is 0 Å². The molecule has 0 bridgehead atoms. The number of fused-ring (bicyclic) bond motifs is 2. The van der Waals surface area contributed by atoms with Gasteiger partial charge in [-0.25, -0.2) is 0 Å². The molecule has 5 nitrogen and oxygen atoms in total. The summed E-state index contributed by atoms with van der Waals surface area (Å²) in [4.78, 5) is 29.3. The average Bonchev–Trinajstić information content (AvgIpc) is 2.57. The summed E-state index contributed by atoms with van der Waals surface area (Å²) in [7, 11) is 0. The Balaban J connectivity index is 2.13. The van der Waals surface area contributed by atoms with Crippen LogP contribution < -0.4 is 11.1 Å². The number of benzene rings is 1. The molecule has 3 N–H and O–H groups in total. The Kier molecular flexibility index (Phi) is 4.74. The molecule has 2 amide bonds. The number of para-hydroxylation sites is 1. The molecule has 138 valence electrons. The van der Waals surface area contributed by atoms with Gasteiger partial charge in [0.15, 0.2) is 0 Å². The number of hydrogen-bond donors (Lipinski definition) is 2. The predicted octanol–water partition coefficient (Wildman–Crippen LogP) is 2.99. The second-order valence-electron chi connectivity index (χ2n) is 8.33. The minimum Gasteiger partial charge on any atom is -0.368 e. The molecule has 0 saturated carbocycles. The van der Waals surface area contributed by atoms with Gasteiger partial charge in [-0.2, -0.15) is 0 Å². The van der Waals surface area contributed by atoms with Crippen molar-refractivity contribution in [1.82, 2.24) is 10.3 Å². The summed E-state index contributed by atoms with van der Waals surface area (Å²) in [5, 5.41) is 3.58. The molecular formula is C21H27N3O2. The lowest BCUT2D eigenvalue weighted by Crippen LogP contribution is -2.43. The van der Waals surface area contributed by atoms with E-state index in [1.807, 2.05) is 24.3 Å². The van der Waals surface area contributed by atoms with Gasteiger partial charge in [0.1, 0.15) is 6.04 Å². The number of hydrogen-bond acceptors (Lipinski definition) is 3. The van der Waals surface area contributed by atoms with Crippen molar-refractivity contribution in [2.45, 2.75) is 53.0 Å². The number of carbonyl (C=O) groups is 2. The molecular weight excluding hydrogens is 326 g/mol. The Morgan fingerprint density at radius 1 is 1.27 bits per heavy atom. The van der Waals surface area contributed by atoms with E-state index >= 15 is 0 Å². The number of rotatable bonds is 3. The number of aryl methyl sites for hydroxylation is 1. The fourth-order valence-electron chi connectivity index (χ4n) is 3.73. The smallest absolute Gasteiger partial charge is 0.252 e. The minimum atomic E-state index is -0.716. The Labute approximate surface area is 154 Å². The fraction of sp³-hybridized carbons (Fsp3) is 0.476. The first-order chi connectivity index (χ1) is 12.2. The monoisotopic (exact) mass is 353 g/mol. The number of amides is 2. The lowest BCUT2D eigenvalue weighted by Gasteiger charge is -2.35. The number of nitrogens with one attached hydrogen (secondary N) is 1. The summed E-state index contributed by atoms with van der Waals surface area (Å²) < 4.78 is 0. The van der Waals surface area contributed by atoms with E-state index in [1.54, 1.807) is 6.92 Å². The Bertz CT molecular complexity index is 867. The fourth-order valence-corrected chi connectivity index (χ4v) is 3.73. The van der Waals surface area contributed by atoms with Gasteiger partial charge >= 0.3 is 0 Å². The van der Waals surface area contributed by atoms with Gasteiger partial charge in [0, 0.05) is 11.1 Å². The van der Waals surface area contributed by atoms with Gasteiger partial charge in [-0.05, 0) is 49.1 Å². The summed E-state index contributed by atoms with van der Waals surface area (Å²) in [5.41, 5.74) is 8.97. The van der Waals surface area contributed by atoms with Crippen LogP contribution in [-0.4, -0.2) is 22.8 Å². The van der Waals surface area contributed by atoms with Crippen LogP contribution in [0.3, 0.4) is 0 Å². The predicted molar refractivity (Wildman–Crippen MR) is 103 cm³/mol. The summed E-state index contributed by atoms with van der Waals surface area (Å²) >= 11 is 0. The van der Waals surface area contributed by atoms with Gasteiger partial charge in [-0.15, -0.1) is 0 Å². The molecule has 1 aliphatic rings. The molecule has 26 heavy (non-hydrogen) atoms. The highest BCUT2D eigenvalue weighted by atomic mass is 16.2. The van der Waals surface area contributed by atoms with Gasteiger partial charge in [0.05, 0.1) is 11.1 Å². The maximum atomic E-state index is 13.1. The van der Waals surface area contributed by atoms with Gasteiger partial charge in [0.2, 0.25) is 5.91 Å². The second-order valence-corrected chi connectivity index (χ2v) is 8.33. The molecule has 0 fully saturated rings. The standard InChI is InChI=1S/C21H27N3O2/c1-12(19(22)25)23-20(26)18-14-7-5-6-8-16(14)24-17-10-9-13(11-15(17)18)21(2,3)4/h5-8,12-13H,9-11H2,1-4H3,(H2,22,25)(H,23,26)/t12-,13+/m0/s1. The van der Waals surface area contributed by atoms with E-state index in [0.717, 1.165) is 41.4 Å². The zero-order chi connectivity index (χ0) is 19.1. The highest BCUT2D eigenvalue weighted by Crippen LogP contribution is 2.39. The van der Waals surface area contributed by atoms with E-state index in [1.165, 1.54) is 0 Å². The Morgan fingerprint density at radius 3 is 2.62 bits per heavy atom. The number of primary amides is 1. The molecule has 1 heterocycles. The molecule has 2 aromatic rings. The molecule has 0 saturated heterocycles. The maximum absolute atomic E-state index is 13.1. The van der Waals surface area contributed by atoms with Gasteiger partial charge in [0.25, 0.3) is 5.91 Å². The topological polar surface area (TPSA) is 85.1 Å². The molecule has 1 aromatic heterocycles. The number of aromatic nitrogens is 1. The summed E-state index contributed by atoms with van der Waals surface area (Å²) in [5.74, 6) is -0.308. The largest absolute Gasteiger partial charge is 0.368 e. The van der Waals surface area contributed by atoms with Crippen LogP contribution in [-0.2, 0) is 17.6 Å². The highest BCUT2D eigenvalue weighted by molar-refractivity contribution is 6.08. The molecule has 0 aliphatic heterocycles. The zero-order valence-electron chi connectivity index (χ0n) is 15.9. The van der Waals surface area contributed by atoms with E-state index in [9.17, 15) is 9.59 Å². The maximum Gasteiger partial charge on any atom is 0.252 e. The lowest BCUT2D eigenvalue weighted by atomic mass is 9.70. The zero-order valence-corrected chi connectivity index (χ0v) is 15.9. The molecule has 0 radical (unpaired) electrons. The molecule has 0 unspecified atom stereocenters. The van der Waals surface area contributed by atoms with Crippen molar-refractivity contribution in [2.24, 2.45) is 17.1 Å². The van der Waals surface area contributed by atoms with Crippen molar-refractivity contribution >= 4 is 22.7 Å². The third-order valence-corrected chi connectivity index (χ3v) is 5.49. The van der Waals surface area contributed by atoms with Crippen molar-refractivity contribution in [2.75, 3.05) is 0 Å². The first kappa shape index (κ1) is 18.4. The molecule has 2 atom stereocenters.